The van der Waals surface area contributed by atoms with E-state index in [1.807, 2.05) is 6.92 Å². The van der Waals surface area contributed by atoms with Crippen LogP contribution in [0.4, 0.5) is 10.1 Å². The molecule has 4 nitrogen and oxygen atoms in total. The normalized spacial score (nSPS) is 22.8. The molecular weight excluding hydrogens is 235 g/mol. The van der Waals surface area contributed by atoms with Crippen LogP contribution in [-0.2, 0) is 4.79 Å². The van der Waals surface area contributed by atoms with Crippen molar-refractivity contribution in [3.05, 3.63) is 24.0 Å². The van der Waals surface area contributed by atoms with Gasteiger partial charge in [0.2, 0.25) is 5.91 Å². The molecule has 18 heavy (non-hydrogen) atoms. The largest absolute Gasteiger partial charge is 0.497 e. The Morgan fingerprint density at radius 3 is 2.89 bits per heavy atom. The molecule has 1 aliphatic rings. The molecule has 0 aromatic heterocycles. The summed E-state index contributed by atoms with van der Waals surface area (Å²) >= 11 is 0. The molecule has 0 radical (unpaired) electrons. The number of methoxy groups -OCH3 is 1. The summed E-state index contributed by atoms with van der Waals surface area (Å²) in [6.07, 6.45) is 0. The number of amides is 1. The number of benzene rings is 1. The maximum absolute atomic E-state index is 13.6. The average Bonchev–Trinajstić information content (AvgIpc) is 2.78. The maximum Gasteiger partial charge on any atom is 0.229 e. The molecule has 1 amide bonds. The Bertz CT molecular complexity index is 451. The molecule has 2 unspecified atom stereocenters. The van der Waals surface area contributed by atoms with Crippen LogP contribution in [0.5, 0.6) is 5.75 Å². The fraction of sp³-hybridized carbons (Fsp3) is 0.462. The highest BCUT2D eigenvalue weighted by atomic mass is 19.1. The summed E-state index contributed by atoms with van der Waals surface area (Å²) in [5.41, 5.74) is 0.165. The molecule has 0 saturated carbocycles. The van der Waals surface area contributed by atoms with Crippen molar-refractivity contribution in [1.82, 2.24) is 5.32 Å². The SMILES string of the molecule is COc1ccc(F)c(NC(=O)C2CNCC2C)c1. The number of nitrogens with one attached hydrogen (secondary N) is 2. The zero-order valence-corrected chi connectivity index (χ0v) is 10.5. The lowest BCUT2D eigenvalue weighted by Crippen LogP contribution is -2.28. The summed E-state index contributed by atoms with van der Waals surface area (Å²) in [5, 5.41) is 5.77. The van der Waals surface area contributed by atoms with Crippen molar-refractivity contribution in [2.45, 2.75) is 6.92 Å². The van der Waals surface area contributed by atoms with Gasteiger partial charge in [0.25, 0.3) is 0 Å². The van der Waals surface area contributed by atoms with Gasteiger partial charge < -0.3 is 15.4 Å². The van der Waals surface area contributed by atoms with Crippen molar-refractivity contribution in [1.29, 1.82) is 0 Å². The van der Waals surface area contributed by atoms with Gasteiger partial charge >= 0.3 is 0 Å². The third-order valence-electron chi connectivity index (χ3n) is 3.29. The summed E-state index contributed by atoms with van der Waals surface area (Å²) in [6, 6.07) is 4.29. The van der Waals surface area contributed by atoms with Gasteiger partial charge in [-0.1, -0.05) is 6.92 Å². The monoisotopic (exact) mass is 252 g/mol. The van der Waals surface area contributed by atoms with Crippen LogP contribution in [0.1, 0.15) is 6.92 Å². The molecule has 1 aromatic carbocycles. The van der Waals surface area contributed by atoms with E-state index < -0.39 is 5.82 Å². The van der Waals surface area contributed by atoms with E-state index in [0.717, 1.165) is 6.54 Å². The van der Waals surface area contributed by atoms with Crippen LogP contribution >= 0.6 is 0 Å². The Morgan fingerprint density at radius 2 is 2.28 bits per heavy atom. The first kappa shape index (κ1) is 12.8. The van der Waals surface area contributed by atoms with Gasteiger partial charge in [0.1, 0.15) is 11.6 Å². The molecule has 1 fully saturated rings. The number of halogens is 1. The van der Waals surface area contributed by atoms with Gasteiger partial charge in [0.05, 0.1) is 18.7 Å². The second-order valence-electron chi connectivity index (χ2n) is 4.58. The molecule has 1 aliphatic heterocycles. The second kappa shape index (κ2) is 5.35. The van der Waals surface area contributed by atoms with Crippen LogP contribution in [-0.4, -0.2) is 26.1 Å². The molecule has 5 heteroatoms. The molecule has 2 rings (SSSR count). The maximum atomic E-state index is 13.6. The molecular formula is C13H17FN2O2. The highest BCUT2D eigenvalue weighted by molar-refractivity contribution is 5.93. The minimum absolute atomic E-state index is 0.115. The van der Waals surface area contributed by atoms with Crippen molar-refractivity contribution < 1.29 is 13.9 Å². The van der Waals surface area contributed by atoms with Gasteiger partial charge in [-0.05, 0) is 24.6 Å². The van der Waals surface area contributed by atoms with Crippen molar-refractivity contribution in [3.63, 3.8) is 0 Å². The van der Waals surface area contributed by atoms with E-state index in [1.54, 1.807) is 0 Å². The fourth-order valence-corrected chi connectivity index (χ4v) is 2.11. The highest BCUT2D eigenvalue weighted by Crippen LogP contribution is 2.23. The van der Waals surface area contributed by atoms with Gasteiger partial charge in [0.15, 0.2) is 0 Å². The van der Waals surface area contributed by atoms with Gasteiger partial charge in [-0.25, -0.2) is 4.39 Å². The van der Waals surface area contributed by atoms with E-state index in [2.05, 4.69) is 10.6 Å². The van der Waals surface area contributed by atoms with Crippen molar-refractivity contribution in [3.8, 4) is 5.75 Å². The lowest BCUT2D eigenvalue weighted by atomic mass is 9.97. The van der Waals surface area contributed by atoms with Gasteiger partial charge in [0, 0.05) is 12.6 Å². The van der Waals surface area contributed by atoms with Crippen molar-refractivity contribution in [2.24, 2.45) is 11.8 Å². The summed E-state index contributed by atoms with van der Waals surface area (Å²) in [6.45, 7) is 3.46. The van der Waals surface area contributed by atoms with Gasteiger partial charge in [-0.2, -0.15) is 0 Å². The molecule has 1 heterocycles. The first-order valence-electron chi connectivity index (χ1n) is 5.97. The quantitative estimate of drug-likeness (QED) is 0.859. The zero-order valence-electron chi connectivity index (χ0n) is 10.5. The predicted octanol–water partition coefficient (Wildman–Crippen LogP) is 1.63. The molecule has 2 atom stereocenters. The lowest BCUT2D eigenvalue weighted by Gasteiger charge is -2.15. The predicted molar refractivity (Wildman–Crippen MR) is 67.1 cm³/mol. The molecule has 0 aliphatic carbocycles. The van der Waals surface area contributed by atoms with Gasteiger partial charge in [-0.3, -0.25) is 4.79 Å². The van der Waals surface area contributed by atoms with Crippen LogP contribution in [0, 0.1) is 17.7 Å². The smallest absolute Gasteiger partial charge is 0.229 e. The summed E-state index contributed by atoms with van der Waals surface area (Å²) < 4.78 is 18.6. The van der Waals surface area contributed by atoms with Crippen LogP contribution in [0.3, 0.4) is 0 Å². The Hall–Kier alpha value is -1.62. The summed E-state index contributed by atoms with van der Waals surface area (Å²) in [5.74, 6) is 0.0565. The van der Waals surface area contributed by atoms with E-state index in [4.69, 9.17) is 4.74 Å². The molecule has 0 spiro atoms. The highest BCUT2D eigenvalue weighted by Gasteiger charge is 2.29. The number of rotatable bonds is 3. The third kappa shape index (κ3) is 2.61. The molecule has 98 valence electrons. The first-order valence-corrected chi connectivity index (χ1v) is 5.97. The minimum Gasteiger partial charge on any atom is -0.497 e. The van der Waals surface area contributed by atoms with Crippen LogP contribution < -0.4 is 15.4 Å². The number of hydrogen-bond acceptors (Lipinski definition) is 3. The van der Waals surface area contributed by atoms with Crippen molar-refractivity contribution in [2.75, 3.05) is 25.5 Å². The van der Waals surface area contributed by atoms with E-state index in [-0.39, 0.29) is 23.4 Å². The third-order valence-corrected chi connectivity index (χ3v) is 3.29. The Morgan fingerprint density at radius 1 is 1.50 bits per heavy atom. The van der Waals surface area contributed by atoms with E-state index in [9.17, 15) is 9.18 Å². The fourth-order valence-electron chi connectivity index (χ4n) is 2.11. The number of anilines is 1. The topological polar surface area (TPSA) is 50.4 Å². The lowest BCUT2D eigenvalue weighted by molar-refractivity contribution is -0.120. The van der Waals surface area contributed by atoms with Crippen LogP contribution in [0.2, 0.25) is 0 Å². The van der Waals surface area contributed by atoms with Crippen LogP contribution in [0.15, 0.2) is 18.2 Å². The van der Waals surface area contributed by atoms with E-state index in [1.165, 1.54) is 25.3 Å². The average molecular weight is 252 g/mol. The molecule has 1 saturated heterocycles. The first-order chi connectivity index (χ1) is 8.61. The van der Waals surface area contributed by atoms with Crippen LogP contribution in [0.25, 0.3) is 0 Å². The van der Waals surface area contributed by atoms with E-state index >= 15 is 0 Å². The minimum atomic E-state index is -0.456. The van der Waals surface area contributed by atoms with Gasteiger partial charge in [-0.15, -0.1) is 0 Å². The number of carbonyl (C=O) groups excluding carboxylic acids is 1. The number of ether oxygens (including phenoxy) is 1. The van der Waals surface area contributed by atoms with Crippen molar-refractivity contribution >= 4 is 11.6 Å². The Labute approximate surface area is 106 Å². The molecule has 2 N–H and O–H groups in total. The Balaban J connectivity index is 2.11. The zero-order chi connectivity index (χ0) is 13.1. The second-order valence-corrected chi connectivity index (χ2v) is 4.58. The molecule has 1 aromatic rings. The number of hydrogen-bond donors (Lipinski definition) is 2. The summed E-state index contributed by atoms with van der Waals surface area (Å²) in [7, 11) is 1.50. The Kier molecular flexibility index (Phi) is 3.81. The standard InChI is InChI=1S/C13H17FN2O2/c1-8-6-15-7-10(8)13(17)16-12-5-9(18-2)3-4-11(12)14/h3-5,8,10,15H,6-7H2,1-2H3,(H,16,17). The molecule has 0 bridgehead atoms. The number of carbonyl (C=O) groups is 1. The van der Waals surface area contributed by atoms with E-state index in [0.29, 0.717) is 12.3 Å². The summed E-state index contributed by atoms with van der Waals surface area (Å²) in [4.78, 5) is 12.0.